The molecule has 13 heteroatoms. The van der Waals surface area contributed by atoms with Crippen LogP contribution in [-0.2, 0) is 19.1 Å². The number of aryl methyl sites for hydroxylation is 1. The molecule has 2 aromatic carbocycles. The van der Waals surface area contributed by atoms with E-state index in [1.165, 1.54) is 37.3 Å². The molecule has 36 heavy (non-hydrogen) atoms. The molecule has 2 aromatic rings. The number of benzene rings is 2. The van der Waals surface area contributed by atoms with Gasteiger partial charge in [-0.15, -0.1) is 0 Å². The van der Waals surface area contributed by atoms with E-state index in [0.717, 1.165) is 6.07 Å². The average Bonchev–Trinajstić information content (AvgIpc) is 2.75. The Bertz CT molecular complexity index is 1140. The van der Waals surface area contributed by atoms with Crippen molar-refractivity contribution < 1.29 is 37.1 Å². The predicted octanol–water partition coefficient (Wildman–Crippen LogP) is 4.34. The number of nitrogens with one attached hydrogen (secondary N) is 3. The van der Waals surface area contributed by atoms with E-state index < -0.39 is 42.5 Å². The average molecular weight is 548 g/mol. The molecule has 0 saturated heterocycles. The normalized spacial score (nSPS) is 11.9. The van der Waals surface area contributed by atoms with Gasteiger partial charge in [-0.05, 0) is 61.4 Å². The van der Waals surface area contributed by atoms with Crippen LogP contribution in [-0.4, -0.2) is 43.0 Å². The summed E-state index contributed by atoms with van der Waals surface area (Å²) in [5.74, 6) is -4.22. The highest BCUT2D eigenvalue weighted by Crippen LogP contribution is 2.26. The highest BCUT2D eigenvalue weighted by atomic mass is 35.5. The van der Waals surface area contributed by atoms with Gasteiger partial charge in [0.15, 0.2) is 0 Å². The van der Waals surface area contributed by atoms with Crippen LogP contribution in [0.25, 0.3) is 0 Å². The first-order valence-corrected chi connectivity index (χ1v) is 11.2. The number of carbonyl (C=O) groups is 4. The van der Waals surface area contributed by atoms with E-state index in [2.05, 4.69) is 10.6 Å². The van der Waals surface area contributed by atoms with Crippen molar-refractivity contribution in [3.05, 3.63) is 63.1 Å². The Morgan fingerprint density at radius 1 is 1.00 bits per heavy atom. The second-order valence-corrected chi connectivity index (χ2v) is 8.43. The van der Waals surface area contributed by atoms with Gasteiger partial charge in [0.2, 0.25) is 5.91 Å². The van der Waals surface area contributed by atoms with Gasteiger partial charge >= 0.3 is 18.1 Å². The van der Waals surface area contributed by atoms with Gasteiger partial charge in [0.1, 0.15) is 0 Å². The number of ether oxygens (including phenoxy) is 1. The molecule has 2 rings (SSSR count). The molecule has 3 amide bonds. The molecule has 0 aliphatic carbocycles. The summed E-state index contributed by atoms with van der Waals surface area (Å²) < 4.78 is 42.5. The predicted molar refractivity (Wildman–Crippen MR) is 127 cm³/mol. The van der Waals surface area contributed by atoms with Crippen LogP contribution in [0.3, 0.4) is 0 Å². The van der Waals surface area contributed by atoms with E-state index in [0.29, 0.717) is 11.1 Å². The largest absolute Gasteiger partial charge is 0.471 e. The van der Waals surface area contributed by atoms with E-state index in [1.54, 1.807) is 12.2 Å². The SMILES string of the molecule is CCOC(=O)CC(NC(=O)CNC(=O)c1cc(C)cc(NC(=O)C(F)(F)F)c1)c1cc(Cl)cc(Cl)c1. The smallest absolute Gasteiger partial charge is 0.466 e. The molecule has 0 spiro atoms. The number of rotatable bonds is 9. The molecule has 0 aromatic heterocycles. The summed E-state index contributed by atoms with van der Waals surface area (Å²) in [4.78, 5) is 48.2. The summed E-state index contributed by atoms with van der Waals surface area (Å²) in [5, 5.41) is 7.17. The Balaban J connectivity index is 2.09. The molecule has 1 unspecified atom stereocenters. The lowest BCUT2D eigenvalue weighted by Crippen LogP contribution is -2.39. The second kappa shape index (κ2) is 12.6. The molecular weight excluding hydrogens is 526 g/mol. The van der Waals surface area contributed by atoms with Crippen molar-refractivity contribution in [2.24, 2.45) is 0 Å². The fourth-order valence-corrected chi connectivity index (χ4v) is 3.65. The summed E-state index contributed by atoms with van der Waals surface area (Å²) in [6.45, 7) is 2.75. The summed E-state index contributed by atoms with van der Waals surface area (Å²) in [6, 6.07) is 7.30. The van der Waals surface area contributed by atoms with Gasteiger partial charge in [0, 0.05) is 21.3 Å². The molecule has 1 atom stereocenters. The molecule has 0 fully saturated rings. The Labute approximate surface area is 214 Å². The number of esters is 1. The van der Waals surface area contributed by atoms with Gasteiger partial charge in [-0.25, -0.2) is 0 Å². The first-order valence-electron chi connectivity index (χ1n) is 10.5. The Hall–Kier alpha value is -3.31. The second-order valence-electron chi connectivity index (χ2n) is 7.55. The van der Waals surface area contributed by atoms with Crippen molar-refractivity contribution in [1.29, 1.82) is 0 Å². The lowest BCUT2D eigenvalue weighted by molar-refractivity contribution is -0.167. The summed E-state index contributed by atoms with van der Waals surface area (Å²) in [7, 11) is 0. The molecule has 0 saturated carbocycles. The summed E-state index contributed by atoms with van der Waals surface area (Å²) in [5.41, 5.74) is 0.519. The minimum Gasteiger partial charge on any atom is -0.466 e. The van der Waals surface area contributed by atoms with E-state index in [1.807, 2.05) is 0 Å². The third kappa shape index (κ3) is 9.04. The fourth-order valence-electron chi connectivity index (χ4n) is 3.11. The Kier molecular flexibility index (Phi) is 10.1. The van der Waals surface area contributed by atoms with Crippen LogP contribution in [0.1, 0.15) is 40.9 Å². The monoisotopic (exact) mass is 547 g/mol. The zero-order valence-electron chi connectivity index (χ0n) is 19.1. The Morgan fingerprint density at radius 3 is 2.22 bits per heavy atom. The zero-order chi connectivity index (χ0) is 27.0. The van der Waals surface area contributed by atoms with Crippen LogP contribution in [0, 0.1) is 6.92 Å². The molecule has 0 aliphatic heterocycles. The molecule has 194 valence electrons. The van der Waals surface area contributed by atoms with Crippen molar-refractivity contribution in [2.45, 2.75) is 32.5 Å². The van der Waals surface area contributed by atoms with Gasteiger partial charge < -0.3 is 20.7 Å². The number of amides is 3. The van der Waals surface area contributed by atoms with Crippen LogP contribution < -0.4 is 16.0 Å². The van der Waals surface area contributed by atoms with Crippen LogP contribution >= 0.6 is 23.2 Å². The zero-order valence-corrected chi connectivity index (χ0v) is 20.6. The maximum absolute atomic E-state index is 12.5. The van der Waals surface area contributed by atoms with Gasteiger partial charge in [-0.2, -0.15) is 13.2 Å². The molecule has 0 radical (unpaired) electrons. The van der Waals surface area contributed by atoms with Crippen molar-refractivity contribution in [1.82, 2.24) is 10.6 Å². The van der Waals surface area contributed by atoms with E-state index in [9.17, 15) is 32.3 Å². The third-order valence-corrected chi connectivity index (χ3v) is 5.00. The highest BCUT2D eigenvalue weighted by molar-refractivity contribution is 6.34. The molecule has 0 aliphatic rings. The number of alkyl halides is 3. The summed E-state index contributed by atoms with van der Waals surface area (Å²) >= 11 is 12.0. The van der Waals surface area contributed by atoms with Crippen LogP contribution in [0.15, 0.2) is 36.4 Å². The maximum atomic E-state index is 12.5. The topological polar surface area (TPSA) is 114 Å². The molecule has 3 N–H and O–H groups in total. The molecule has 0 bridgehead atoms. The van der Waals surface area contributed by atoms with Crippen molar-refractivity contribution >= 4 is 52.6 Å². The summed E-state index contributed by atoms with van der Waals surface area (Å²) in [6.07, 6.45) is -5.33. The molecular formula is C23H22Cl2F3N3O5. The lowest BCUT2D eigenvalue weighted by Gasteiger charge is -2.19. The first kappa shape index (κ1) is 28.9. The van der Waals surface area contributed by atoms with E-state index >= 15 is 0 Å². The number of hydrogen-bond donors (Lipinski definition) is 3. The standard InChI is InChI=1S/C23H22Cl2F3N3O5/c1-3-36-20(33)10-18(13-6-15(24)9-16(25)7-13)31-19(32)11-29-21(34)14-4-12(2)5-17(8-14)30-22(35)23(26,27)28/h4-9,18H,3,10-11H2,1-2H3,(H,29,34)(H,30,35)(H,31,32). The Morgan fingerprint density at radius 2 is 1.64 bits per heavy atom. The van der Waals surface area contributed by atoms with Crippen LogP contribution in [0.4, 0.5) is 18.9 Å². The van der Waals surface area contributed by atoms with Gasteiger partial charge in [-0.3, -0.25) is 19.2 Å². The molecule has 8 nitrogen and oxygen atoms in total. The van der Waals surface area contributed by atoms with Crippen LogP contribution in [0.2, 0.25) is 10.0 Å². The fraction of sp³-hybridized carbons (Fsp3) is 0.304. The van der Waals surface area contributed by atoms with Crippen molar-refractivity contribution in [3.63, 3.8) is 0 Å². The quantitative estimate of drug-likeness (QED) is 0.404. The maximum Gasteiger partial charge on any atom is 0.471 e. The van der Waals surface area contributed by atoms with E-state index in [4.69, 9.17) is 27.9 Å². The number of hydrogen-bond acceptors (Lipinski definition) is 5. The lowest BCUT2D eigenvalue weighted by atomic mass is 10.0. The van der Waals surface area contributed by atoms with Gasteiger partial charge in [-0.1, -0.05) is 23.2 Å². The minimum atomic E-state index is -5.10. The van der Waals surface area contributed by atoms with Crippen molar-refractivity contribution in [2.75, 3.05) is 18.5 Å². The number of anilines is 1. The third-order valence-electron chi connectivity index (χ3n) is 4.56. The van der Waals surface area contributed by atoms with Crippen LogP contribution in [0.5, 0.6) is 0 Å². The minimum absolute atomic E-state index is 0.0787. The first-order chi connectivity index (χ1) is 16.8. The number of carbonyl (C=O) groups excluding carboxylic acids is 4. The highest BCUT2D eigenvalue weighted by Gasteiger charge is 2.38. The van der Waals surface area contributed by atoms with Crippen molar-refractivity contribution in [3.8, 4) is 0 Å². The van der Waals surface area contributed by atoms with Gasteiger partial charge in [0.05, 0.1) is 25.6 Å². The van der Waals surface area contributed by atoms with E-state index in [-0.39, 0.29) is 34.3 Å². The molecule has 0 heterocycles. The van der Waals surface area contributed by atoms with Gasteiger partial charge in [0.25, 0.3) is 5.91 Å². The number of halogens is 5.